The van der Waals surface area contributed by atoms with Crippen molar-refractivity contribution in [3.63, 3.8) is 0 Å². The second-order valence-corrected chi connectivity index (χ2v) is 5.79. The van der Waals surface area contributed by atoms with Crippen LogP contribution in [0.1, 0.15) is 26.2 Å². The standard InChI is InChI=1S/C12H19N3S/c1-2-16-11-5-4-10(7-11)15-12-6-3-9(13)8-14-12/h3,6,8,10-11H,2,4-5,7,13H2,1H3,(H,14,15). The molecule has 1 heterocycles. The molecule has 0 aliphatic heterocycles. The monoisotopic (exact) mass is 237 g/mol. The minimum Gasteiger partial charge on any atom is -0.397 e. The fraction of sp³-hybridized carbons (Fsp3) is 0.583. The van der Waals surface area contributed by atoms with E-state index in [1.807, 2.05) is 12.1 Å². The smallest absolute Gasteiger partial charge is 0.126 e. The van der Waals surface area contributed by atoms with Crippen LogP contribution in [0.3, 0.4) is 0 Å². The van der Waals surface area contributed by atoms with Crippen LogP contribution < -0.4 is 11.1 Å². The minimum absolute atomic E-state index is 0.583. The number of nitrogens with two attached hydrogens (primary N) is 1. The summed E-state index contributed by atoms with van der Waals surface area (Å²) in [5.74, 6) is 2.17. The average molecular weight is 237 g/mol. The summed E-state index contributed by atoms with van der Waals surface area (Å²) in [4.78, 5) is 4.27. The van der Waals surface area contributed by atoms with Gasteiger partial charge in [0.05, 0.1) is 11.9 Å². The van der Waals surface area contributed by atoms with Gasteiger partial charge in [-0.1, -0.05) is 6.92 Å². The third-order valence-electron chi connectivity index (χ3n) is 2.93. The molecule has 0 saturated heterocycles. The molecule has 1 fully saturated rings. The second kappa shape index (κ2) is 5.43. The fourth-order valence-electron chi connectivity index (χ4n) is 2.16. The van der Waals surface area contributed by atoms with Crippen LogP contribution in [0.5, 0.6) is 0 Å². The molecule has 0 amide bonds. The Bertz CT molecular complexity index is 326. The van der Waals surface area contributed by atoms with Crippen LogP contribution >= 0.6 is 11.8 Å². The molecule has 1 aliphatic carbocycles. The Kier molecular flexibility index (Phi) is 3.93. The zero-order valence-corrected chi connectivity index (χ0v) is 10.5. The van der Waals surface area contributed by atoms with Crippen LogP contribution in [0, 0.1) is 0 Å². The maximum atomic E-state index is 5.60. The van der Waals surface area contributed by atoms with Gasteiger partial charge in [-0.15, -0.1) is 0 Å². The van der Waals surface area contributed by atoms with Crippen LogP contribution in [0.15, 0.2) is 18.3 Å². The van der Waals surface area contributed by atoms with Gasteiger partial charge < -0.3 is 11.1 Å². The van der Waals surface area contributed by atoms with E-state index in [1.54, 1.807) is 6.20 Å². The quantitative estimate of drug-likeness (QED) is 0.845. The Labute approximate surface area is 101 Å². The zero-order valence-electron chi connectivity index (χ0n) is 9.65. The highest BCUT2D eigenvalue weighted by atomic mass is 32.2. The lowest BCUT2D eigenvalue weighted by Gasteiger charge is -2.13. The minimum atomic E-state index is 0.583. The van der Waals surface area contributed by atoms with Crippen molar-refractivity contribution in [2.24, 2.45) is 0 Å². The van der Waals surface area contributed by atoms with Gasteiger partial charge >= 0.3 is 0 Å². The van der Waals surface area contributed by atoms with Crippen molar-refractivity contribution in [3.05, 3.63) is 18.3 Å². The van der Waals surface area contributed by atoms with Gasteiger partial charge in [0, 0.05) is 11.3 Å². The summed E-state index contributed by atoms with van der Waals surface area (Å²) in [6.45, 7) is 2.23. The SMILES string of the molecule is CCSC1CCC(Nc2ccc(N)cn2)C1. The Morgan fingerprint density at radius 2 is 2.38 bits per heavy atom. The number of aromatic nitrogens is 1. The number of nitrogens with zero attached hydrogens (tertiary/aromatic N) is 1. The number of nitrogens with one attached hydrogen (secondary N) is 1. The fourth-order valence-corrected chi connectivity index (χ4v) is 3.30. The van der Waals surface area contributed by atoms with Gasteiger partial charge in [0.25, 0.3) is 0 Å². The average Bonchev–Trinajstić information content (AvgIpc) is 2.70. The number of hydrogen-bond donors (Lipinski definition) is 2. The maximum absolute atomic E-state index is 5.60. The van der Waals surface area contributed by atoms with Crippen LogP contribution in [0.4, 0.5) is 11.5 Å². The van der Waals surface area contributed by atoms with E-state index in [4.69, 9.17) is 5.73 Å². The summed E-state index contributed by atoms with van der Waals surface area (Å²) in [6.07, 6.45) is 5.54. The molecular weight excluding hydrogens is 218 g/mol. The molecular formula is C12H19N3S. The third-order valence-corrected chi connectivity index (χ3v) is 4.16. The number of anilines is 2. The van der Waals surface area contributed by atoms with Gasteiger partial charge in [0.1, 0.15) is 5.82 Å². The molecule has 1 saturated carbocycles. The van der Waals surface area contributed by atoms with Crippen molar-refractivity contribution in [1.82, 2.24) is 4.98 Å². The van der Waals surface area contributed by atoms with E-state index in [0.29, 0.717) is 6.04 Å². The molecule has 3 N–H and O–H groups in total. The number of hydrogen-bond acceptors (Lipinski definition) is 4. The highest BCUT2D eigenvalue weighted by molar-refractivity contribution is 7.99. The van der Waals surface area contributed by atoms with Crippen molar-refractivity contribution >= 4 is 23.3 Å². The zero-order chi connectivity index (χ0) is 11.4. The summed E-state index contributed by atoms with van der Waals surface area (Å²) in [5, 5.41) is 4.31. The first kappa shape index (κ1) is 11.6. The van der Waals surface area contributed by atoms with Gasteiger partial charge in [-0.3, -0.25) is 0 Å². The summed E-state index contributed by atoms with van der Waals surface area (Å²) in [6, 6.07) is 4.43. The molecule has 16 heavy (non-hydrogen) atoms. The van der Waals surface area contributed by atoms with Crippen molar-refractivity contribution in [3.8, 4) is 0 Å². The highest BCUT2D eigenvalue weighted by Gasteiger charge is 2.24. The Morgan fingerprint density at radius 3 is 3.06 bits per heavy atom. The summed E-state index contributed by atoms with van der Waals surface area (Å²) >= 11 is 2.08. The molecule has 3 nitrogen and oxygen atoms in total. The molecule has 2 unspecified atom stereocenters. The molecule has 4 heteroatoms. The number of thioether (sulfide) groups is 1. The number of pyridine rings is 1. The lowest BCUT2D eigenvalue weighted by Crippen LogP contribution is -2.16. The van der Waals surface area contributed by atoms with Crippen molar-refractivity contribution in [2.45, 2.75) is 37.5 Å². The first-order valence-corrected chi connectivity index (χ1v) is 6.92. The number of rotatable bonds is 4. The summed E-state index contributed by atoms with van der Waals surface area (Å²) < 4.78 is 0. The summed E-state index contributed by atoms with van der Waals surface area (Å²) in [5.41, 5.74) is 6.32. The molecule has 0 bridgehead atoms. The predicted molar refractivity (Wildman–Crippen MR) is 71.8 cm³/mol. The third kappa shape index (κ3) is 3.04. The van der Waals surface area contributed by atoms with Crippen LogP contribution in [0.2, 0.25) is 0 Å². The van der Waals surface area contributed by atoms with Gasteiger partial charge in [-0.2, -0.15) is 11.8 Å². The van der Waals surface area contributed by atoms with Crippen LogP contribution in [-0.4, -0.2) is 22.0 Å². The van der Waals surface area contributed by atoms with Crippen molar-refractivity contribution in [2.75, 3.05) is 16.8 Å². The maximum Gasteiger partial charge on any atom is 0.126 e. The Balaban J connectivity index is 1.84. The van der Waals surface area contributed by atoms with E-state index >= 15 is 0 Å². The molecule has 0 aromatic carbocycles. The van der Waals surface area contributed by atoms with E-state index in [9.17, 15) is 0 Å². The molecule has 1 aliphatic rings. The topological polar surface area (TPSA) is 50.9 Å². The first-order chi connectivity index (χ1) is 7.78. The normalized spacial score (nSPS) is 24.6. The van der Waals surface area contributed by atoms with E-state index < -0.39 is 0 Å². The van der Waals surface area contributed by atoms with Gasteiger partial charge in [-0.05, 0) is 37.1 Å². The van der Waals surface area contributed by atoms with Gasteiger partial charge in [0.15, 0.2) is 0 Å². The number of nitrogen functional groups attached to an aromatic ring is 1. The second-order valence-electron chi connectivity index (χ2n) is 4.21. The molecule has 1 aromatic heterocycles. The van der Waals surface area contributed by atoms with E-state index in [2.05, 4.69) is 29.0 Å². The van der Waals surface area contributed by atoms with Crippen molar-refractivity contribution in [1.29, 1.82) is 0 Å². The first-order valence-electron chi connectivity index (χ1n) is 5.87. The Hall–Kier alpha value is -0.900. The van der Waals surface area contributed by atoms with Crippen LogP contribution in [-0.2, 0) is 0 Å². The van der Waals surface area contributed by atoms with Gasteiger partial charge in [-0.25, -0.2) is 4.98 Å². The molecule has 88 valence electrons. The highest BCUT2D eigenvalue weighted by Crippen LogP contribution is 2.31. The van der Waals surface area contributed by atoms with Crippen LogP contribution in [0.25, 0.3) is 0 Å². The van der Waals surface area contributed by atoms with E-state index in [0.717, 1.165) is 16.8 Å². The van der Waals surface area contributed by atoms with Gasteiger partial charge in [0.2, 0.25) is 0 Å². The Morgan fingerprint density at radius 1 is 1.50 bits per heavy atom. The van der Waals surface area contributed by atoms with Crippen molar-refractivity contribution < 1.29 is 0 Å². The lowest BCUT2D eigenvalue weighted by atomic mass is 10.2. The van der Waals surface area contributed by atoms with E-state index in [1.165, 1.54) is 25.0 Å². The summed E-state index contributed by atoms with van der Waals surface area (Å²) in [7, 11) is 0. The molecule has 0 radical (unpaired) electrons. The molecule has 0 spiro atoms. The largest absolute Gasteiger partial charge is 0.397 e. The lowest BCUT2D eigenvalue weighted by molar-refractivity contribution is 0.752. The predicted octanol–water partition coefficient (Wildman–Crippen LogP) is 2.75. The molecule has 1 aromatic rings. The van der Waals surface area contributed by atoms with E-state index in [-0.39, 0.29) is 0 Å². The molecule has 2 atom stereocenters. The molecule has 2 rings (SSSR count).